The molecule has 1 aliphatic rings. The molecule has 1 saturated carbocycles. The van der Waals surface area contributed by atoms with Crippen LogP contribution in [0.25, 0.3) is 0 Å². The molecule has 2 atom stereocenters. The van der Waals surface area contributed by atoms with Crippen molar-refractivity contribution in [3.05, 3.63) is 34.3 Å². The lowest BCUT2D eigenvalue weighted by Crippen LogP contribution is -2.45. The third kappa shape index (κ3) is 3.56. The van der Waals surface area contributed by atoms with Crippen LogP contribution < -0.4 is 5.73 Å². The van der Waals surface area contributed by atoms with Gasteiger partial charge in [-0.3, -0.25) is 4.90 Å². The number of rotatable bonds is 6. The number of nitrogens with two attached hydrogens (primary N) is 1. The van der Waals surface area contributed by atoms with Crippen LogP contribution in [0.1, 0.15) is 25.3 Å². The Morgan fingerprint density at radius 2 is 1.94 bits per heavy atom. The van der Waals surface area contributed by atoms with Crippen molar-refractivity contribution in [2.75, 3.05) is 13.6 Å². The fraction of sp³-hybridized carbons (Fsp3) is 0.600. The van der Waals surface area contributed by atoms with Crippen molar-refractivity contribution in [1.29, 1.82) is 0 Å². The number of nitrogens with zero attached hydrogens (tertiary/aromatic N) is 1. The second-order valence-electron chi connectivity index (χ2n) is 5.49. The van der Waals surface area contributed by atoms with Gasteiger partial charge in [0.25, 0.3) is 0 Å². The van der Waals surface area contributed by atoms with Crippen LogP contribution in [0.2, 0.25) is 0 Å². The van der Waals surface area contributed by atoms with Crippen molar-refractivity contribution in [3.8, 4) is 0 Å². The summed E-state index contributed by atoms with van der Waals surface area (Å²) in [7, 11) is 2.22. The Kier molecular flexibility index (Phi) is 4.82. The monoisotopic (exact) mass is 310 g/mol. The fourth-order valence-electron chi connectivity index (χ4n) is 2.60. The van der Waals surface area contributed by atoms with Crippen LogP contribution in [0.5, 0.6) is 0 Å². The maximum atomic E-state index is 5.92. The molecule has 0 radical (unpaired) electrons. The molecule has 2 nitrogen and oxygen atoms in total. The number of hydrogen-bond acceptors (Lipinski definition) is 2. The van der Waals surface area contributed by atoms with Crippen LogP contribution in [-0.2, 0) is 6.42 Å². The maximum absolute atomic E-state index is 5.92. The molecule has 0 aromatic heterocycles. The van der Waals surface area contributed by atoms with Gasteiger partial charge in [0.15, 0.2) is 0 Å². The molecule has 2 unspecified atom stereocenters. The summed E-state index contributed by atoms with van der Waals surface area (Å²) in [5, 5.41) is 0. The Morgan fingerprint density at radius 3 is 2.44 bits per heavy atom. The average Bonchev–Trinajstić information content (AvgIpc) is 3.17. The second-order valence-corrected chi connectivity index (χ2v) is 6.40. The van der Waals surface area contributed by atoms with E-state index in [1.807, 2.05) is 0 Å². The summed E-state index contributed by atoms with van der Waals surface area (Å²) < 4.78 is 1.14. The Bertz CT molecular complexity index is 373. The van der Waals surface area contributed by atoms with E-state index < -0.39 is 0 Å². The van der Waals surface area contributed by atoms with Gasteiger partial charge in [0.05, 0.1) is 0 Å². The number of benzene rings is 1. The van der Waals surface area contributed by atoms with Crippen molar-refractivity contribution in [2.24, 2.45) is 11.7 Å². The van der Waals surface area contributed by atoms with Gasteiger partial charge < -0.3 is 5.73 Å². The zero-order valence-corrected chi connectivity index (χ0v) is 12.9. The summed E-state index contributed by atoms with van der Waals surface area (Å²) in [6.07, 6.45) is 3.81. The summed E-state index contributed by atoms with van der Waals surface area (Å²) in [5.41, 5.74) is 7.31. The highest BCUT2D eigenvalue weighted by Gasteiger charge is 2.34. The molecule has 0 aliphatic heterocycles. The molecule has 1 aliphatic carbocycles. The fourth-order valence-corrected chi connectivity index (χ4v) is 2.87. The van der Waals surface area contributed by atoms with E-state index in [1.54, 1.807) is 0 Å². The van der Waals surface area contributed by atoms with Crippen LogP contribution in [0.4, 0.5) is 0 Å². The molecule has 0 amide bonds. The first-order valence-electron chi connectivity index (χ1n) is 6.78. The first kappa shape index (κ1) is 14.0. The number of hydrogen-bond donors (Lipinski definition) is 1. The molecular weight excluding hydrogens is 288 g/mol. The van der Waals surface area contributed by atoms with E-state index in [0.29, 0.717) is 12.1 Å². The molecule has 0 spiro atoms. The first-order valence-corrected chi connectivity index (χ1v) is 7.57. The minimum atomic E-state index is 0.542. The van der Waals surface area contributed by atoms with Crippen LogP contribution >= 0.6 is 15.9 Å². The van der Waals surface area contributed by atoms with Gasteiger partial charge in [0.1, 0.15) is 0 Å². The van der Waals surface area contributed by atoms with E-state index in [-0.39, 0.29) is 0 Å². The van der Waals surface area contributed by atoms with Gasteiger partial charge in [0.2, 0.25) is 0 Å². The van der Waals surface area contributed by atoms with E-state index in [1.165, 1.54) is 18.4 Å². The van der Waals surface area contributed by atoms with Crippen LogP contribution in [-0.4, -0.2) is 30.6 Å². The Balaban J connectivity index is 1.93. The minimum absolute atomic E-state index is 0.542. The van der Waals surface area contributed by atoms with E-state index in [0.717, 1.165) is 23.4 Å². The van der Waals surface area contributed by atoms with Crippen LogP contribution in [0.3, 0.4) is 0 Å². The van der Waals surface area contributed by atoms with Crippen molar-refractivity contribution < 1.29 is 0 Å². The van der Waals surface area contributed by atoms with Gasteiger partial charge in [0, 0.05) is 23.1 Å². The SMILES string of the molecule is CC(Cc1ccc(Br)cc1)N(C)C(CN)C1CC1. The van der Waals surface area contributed by atoms with Crippen molar-refractivity contribution in [1.82, 2.24) is 4.90 Å². The largest absolute Gasteiger partial charge is 0.329 e. The van der Waals surface area contributed by atoms with E-state index in [4.69, 9.17) is 5.73 Å². The molecule has 2 rings (SSSR count). The van der Waals surface area contributed by atoms with Crippen molar-refractivity contribution >= 4 is 15.9 Å². The van der Waals surface area contributed by atoms with Crippen LogP contribution in [0.15, 0.2) is 28.7 Å². The highest BCUT2D eigenvalue weighted by Crippen LogP contribution is 2.35. The third-order valence-electron chi connectivity index (χ3n) is 4.07. The maximum Gasteiger partial charge on any atom is 0.0246 e. The molecule has 2 N–H and O–H groups in total. The predicted octanol–water partition coefficient (Wildman–Crippen LogP) is 3.05. The standard InChI is InChI=1S/C15H23BrN2/c1-11(9-12-3-7-14(16)8-4-12)18(2)15(10-17)13-5-6-13/h3-4,7-8,11,13,15H,5-6,9-10,17H2,1-2H3. The van der Waals surface area contributed by atoms with Gasteiger partial charge in [-0.2, -0.15) is 0 Å². The number of halogens is 1. The Labute approximate surface area is 119 Å². The normalized spacial score (nSPS) is 18.9. The minimum Gasteiger partial charge on any atom is -0.329 e. The van der Waals surface area contributed by atoms with Gasteiger partial charge >= 0.3 is 0 Å². The molecule has 1 fully saturated rings. The molecule has 100 valence electrons. The molecule has 0 bridgehead atoms. The molecule has 1 aromatic rings. The zero-order chi connectivity index (χ0) is 13.1. The van der Waals surface area contributed by atoms with Gasteiger partial charge in [-0.25, -0.2) is 0 Å². The highest BCUT2D eigenvalue weighted by atomic mass is 79.9. The highest BCUT2D eigenvalue weighted by molar-refractivity contribution is 9.10. The van der Waals surface area contributed by atoms with Gasteiger partial charge in [-0.1, -0.05) is 28.1 Å². The third-order valence-corrected chi connectivity index (χ3v) is 4.60. The summed E-state index contributed by atoms with van der Waals surface area (Å²) in [6.45, 7) is 3.08. The summed E-state index contributed by atoms with van der Waals surface area (Å²) >= 11 is 3.48. The summed E-state index contributed by atoms with van der Waals surface area (Å²) in [6, 6.07) is 9.73. The van der Waals surface area contributed by atoms with E-state index >= 15 is 0 Å². The lowest BCUT2D eigenvalue weighted by molar-refractivity contribution is 0.168. The van der Waals surface area contributed by atoms with Crippen molar-refractivity contribution in [3.63, 3.8) is 0 Å². The lowest BCUT2D eigenvalue weighted by atomic mass is 10.0. The van der Waals surface area contributed by atoms with Crippen LogP contribution in [0, 0.1) is 5.92 Å². The summed E-state index contributed by atoms with van der Waals surface area (Å²) in [5.74, 6) is 0.840. The molecule has 18 heavy (non-hydrogen) atoms. The summed E-state index contributed by atoms with van der Waals surface area (Å²) in [4.78, 5) is 2.47. The van der Waals surface area contributed by atoms with Gasteiger partial charge in [-0.05, 0) is 56.8 Å². The first-order chi connectivity index (χ1) is 8.61. The molecule has 3 heteroatoms. The topological polar surface area (TPSA) is 29.3 Å². The molecule has 0 heterocycles. The molecular formula is C15H23BrN2. The predicted molar refractivity (Wildman–Crippen MR) is 80.6 cm³/mol. The second kappa shape index (κ2) is 6.18. The van der Waals surface area contributed by atoms with E-state index in [2.05, 4.69) is 59.1 Å². The smallest absolute Gasteiger partial charge is 0.0246 e. The quantitative estimate of drug-likeness (QED) is 0.875. The Hall–Kier alpha value is -0.380. The number of likely N-dealkylation sites (N-methyl/N-ethyl adjacent to an activating group) is 1. The van der Waals surface area contributed by atoms with Crippen molar-refractivity contribution in [2.45, 2.75) is 38.3 Å². The lowest BCUT2D eigenvalue weighted by Gasteiger charge is -2.32. The molecule has 0 saturated heterocycles. The van der Waals surface area contributed by atoms with E-state index in [9.17, 15) is 0 Å². The average molecular weight is 311 g/mol. The zero-order valence-electron chi connectivity index (χ0n) is 11.3. The Morgan fingerprint density at radius 1 is 1.33 bits per heavy atom. The van der Waals surface area contributed by atoms with Gasteiger partial charge in [-0.15, -0.1) is 0 Å². The molecule has 1 aromatic carbocycles.